The van der Waals surface area contributed by atoms with Gasteiger partial charge in [-0.15, -0.1) is 0 Å². The number of aromatic nitrogens is 2. The topological polar surface area (TPSA) is 56.1 Å². The second-order valence-electron chi connectivity index (χ2n) is 9.62. The SMILES string of the molecule is CCCCc1nc2ccc(NC(=O)OCc3ccccc3)cc2n1Cc1ccc(-c2ccccc2C)cc1. The fraction of sp³-hybridized carbons (Fsp3) is 0.212. The molecule has 1 amide bonds. The van der Waals surface area contributed by atoms with E-state index >= 15 is 0 Å². The molecule has 0 aliphatic heterocycles. The van der Waals surface area contributed by atoms with Crippen LogP contribution in [0, 0.1) is 6.92 Å². The van der Waals surface area contributed by atoms with E-state index in [0.29, 0.717) is 12.2 Å². The van der Waals surface area contributed by atoms with Gasteiger partial charge in [0.2, 0.25) is 0 Å². The zero-order chi connectivity index (χ0) is 26.3. The fourth-order valence-corrected chi connectivity index (χ4v) is 4.70. The Hall–Kier alpha value is -4.38. The summed E-state index contributed by atoms with van der Waals surface area (Å²) >= 11 is 0. The van der Waals surface area contributed by atoms with E-state index in [0.717, 1.165) is 41.7 Å². The molecule has 0 spiro atoms. The van der Waals surface area contributed by atoms with Crippen molar-refractivity contribution in [3.8, 4) is 11.1 Å². The second-order valence-corrected chi connectivity index (χ2v) is 9.62. The number of carbonyl (C=O) groups excluding carboxylic acids is 1. The van der Waals surface area contributed by atoms with Crippen LogP contribution in [0.4, 0.5) is 10.5 Å². The van der Waals surface area contributed by atoms with Gasteiger partial charge in [0.15, 0.2) is 0 Å². The molecule has 5 aromatic rings. The predicted octanol–water partition coefficient (Wildman–Crippen LogP) is 8.15. The van der Waals surface area contributed by atoms with Crippen molar-refractivity contribution in [2.75, 3.05) is 5.32 Å². The third-order valence-electron chi connectivity index (χ3n) is 6.79. The molecule has 38 heavy (non-hydrogen) atoms. The first-order chi connectivity index (χ1) is 18.6. The lowest BCUT2D eigenvalue weighted by molar-refractivity contribution is 0.155. The molecule has 5 heteroatoms. The maximum atomic E-state index is 12.5. The monoisotopic (exact) mass is 503 g/mol. The van der Waals surface area contributed by atoms with Crippen LogP contribution in [0.15, 0.2) is 97.1 Å². The van der Waals surface area contributed by atoms with Gasteiger partial charge >= 0.3 is 6.09 Å². The molecule has 0 saturated heterocycles. The number of rotatable bonds is 9. The summed E-state index contributed by atoms with van der Waals surface area (Å²) in [6.45, 7) is 5.28. The van der Waals surface area contributed by atoms with Crippen LogP contribution in [-0.2, 0) is 24.3 Å². The van der Waals surface area contributed by atoms with E-state index in [1.807, 2.05) is 48.5 Å². The molecule has 0 radical (unpaired) electrons. The average Bonchev–Trinajstić information content (AvgIpc) is 3.28. The molecule has 0 atom stereocenters. The number of nitrogens with one attached hydrogen (secondary N) is 1. The standard InChI is InChI=1S/C33H33N3O2/c1-3-4-14-32-35-30-20-19-28(34-33(37)38-23-26-11-6-5-7-12-26)21-31(30)36(32)22-25-15-17-27(18-16-25)29-13-9-8-10-24(29)2/h5-13,15-21H,3-4,14,22-23H2,1-2H3,(H,34,37). The van der Waals surface area contributed by atoms with Crippen LogP contribution >= 0.6 is 0 Å². The van der Waals surface area contributed by atoms with E-state index in [1.54, 1.807) is 0 Å². The number of carbonyl (C=O) groups is 1. The lowest BCUT2D eigenvalue weighted by Gasteiger charge is -2.12. The molecular formula is C33H33N3O2. The minimum absolute atomic E-state index is 0.229. The van der Waals surface area contributed by atoms with Crippen molar-refractivity contribution in [1.29, 1.82) is 0 Å². The van der Waals surface area contributed by atoms with Gasteiger partial charge < -0.3 is 9.30 Å². The molecule has 0 saturated carbocycles. The summed E-state index contributed by atoms with van der Waals surface area (Å²) in [5.41, 5.74) is 8.51. The van der Waals surface area contributed by atoms with Gasteiger partial charge in [-0.3, -0.25) is 5.32 Å². The molecule has 0 unspecified atom stereocenters. The van der Waals surface area contributed by atoms with Crippen molar-refractivity contribution in [2.45, 2.75) is 46.3 Å². The van der Waals surface area contributed by atoms with Crippen LogP contribution in [0.2, 0.25) is 0 Å². The van der Waals surface area contributed by atoms with Crippen molar-refractivity contribution in [1.82, 2.24) is 9.55 Å². The lowest BCUT2D eigenvalue weighted by atomic mass is 9.99. The summed E-state index contributed by atoms with van der Waals surface area (Å²) in [5, 5.41) is 2.88. The number of benzene rings is 4. The third-order valence-corrected chi connectivity index (χ3v) is 6.79. The maximum absolute atomic E-state index is 12.5. The summed E-state index contributed by atoms with van der Waals surface area (Å²) in [4.78, 5) is 17.4. The number of ether oxygens (including phenoxy) is 1. The van der Waals surface area contributed by atoms with Gasteiger partial charge in [0.25, 0.3) is 0 Å². The Bertz CT molecular complexity index is 1520. The van der Waals surface area contributed by atoms with Crippen molar-refractivity contribution >= 4 is 22.8 Å². The first-order valence-corrected chi connectivity index (χ1v) is 13.2. The Morgan fingerprint density at radius 1 is 0.895 bits per heavy atom. The van der Waals surface area contributed by atoms with Crippen LogP contribution in [0.3, 0.4) is 0 Å². The maximum Gasteiger partial charge on any atom is 0.411 e. The van der Waals surface area contributed by atoms with Crippen molar-refractivity contribution in [3.63, 3.8) is 0 Å². The number of imidazole rings is 1. The van der Waals surface area contributed by atoms with Crippen molar-refractivity contribution < 1.29 is 9.53 Å². The highest BCUT2D eigenvalue weighted by Crippen LogP contribution is 2.26. The Morgan fingerprint density at radius 3 is 2.42 bits per heavy atom. The van der Waals surface area contributed by atoms with Gasteiger partial charge in [0, 0.05) is 18.7 Å². The van der Waals surface area contributed by atoms with Gasteiger partial charge in [-0.05, 0) is 59.4 Å². The molecule has 1 heterocycles. The number of nitrogens with zero attached hydrogens (tertiary/aromatic N) is 2. The Balaban J connectivity index is 1.37. The highest BCUT2D eigenvalue weighted by molar-refractivity contribution is 5.89. The number of amides is 1. The van der Waals surface area contributed by atoms with Gasteiger partial charge in [0.05, 0.1) is 11.0 Å². The molecule has 0 bridgehead atoms. The van der Waals surface area contributed by atoms with Crippen LogP contribution in [0.5, 0.6) is 0 Å². The van der Waals surface area contributed by atoms with Gasteiger partial charge in [-0.2, -0.15) is 0 Å². The molecular weight excluding hydrogens is 470 g/mol. The van der Waals surface area contributed by atoms with Crippen molar-refractivity contribution in [3.05, 3.63) is 120 Å². The van der Waals surface area contributed by atoms with Crippen LogP contribution < -0.4 is 5.32 Å². The van der Waals surface area contributed by atoms with Gasteiger partial charge in [-0.25, -0.2) is 9.78 Å². The molecule has 4 aromatic carbocycles. The number of hydrogen-bond donors (Lipinski definition) is 1. The number of anilines is 1. The molecule has 192 valence electrons. The zero-order valence-electron chi connectivity index (χ0n) is 22.0. The van der Waals surface area contributed by atoms with E-state index < -0.39 is 6.09 Å². The first kappa shape index (κ1) is 25.3. The number of fused-ring (bicyclic) bond motifs is 1. The summed E-state index contributed by atoms with van der Waals surface area (Å²) < 4.78 is 7.68. The van der Waals surface area contributed by atoms with Crippen LogP contribution in [-0.4, -0.2) is 15.6 Å². The third kappa shape index (κ3) is 5.94. The zero-order valence-corrected chi connectivity index (χ0v) is 22.0. The first-order valence-electron chi connectivity index (χ1n) is 13.2. The molecule has 0 fully saturated rings. The van der Waals surface area contributed by atoms with Crippen LogP contribution in [0.25, 0.3) is 22.2 Å². The highest BCUT2D eigenvalue weighted by atomic mass is 16.5. The van der Waals surface area contributed by atoms with Crippen LogP contribution in [0.1, 0.15) is 42.3 Å². The highest BCUT2D eigenvalue weighted by Gasteiger charge is 2.13. The largest absolute Gasteiger partial charge is 0.444 e. The summed E-state index contributed by atoms with van der Waals surface area (Å²) in [7, 11) is 0. The predicted molar refractivity (Wildman–Crippen MR) is 154 cm³/mol. The molecule has 5 nitrogen and oxygen atoms in total. The van der Waals surface area contributed by atoms with Gasteiger partial charge in [0.1, 0.15) is 12.4 Å². The minimum atomic E-state index is -0.475. The average molecular weight is 504 g/mol. The number of aryl methyl sites for hydroxylation is 2. The molecule has 0 aliphatic rings. The summed E-state index contributed by atoms with van der Waals surface area (Å²) in [5.74, 6) is 1.06. The molecule has 1 aromatic heterocycles. The van der Waals surface area contributed by atoms with E-state index in [1.165, 1.54) is 22.3 Å². The Morgan fingerprint density at radius 2 is 1.66 bits per heavy atom. The number of unbranched alkanes of at least 4 members (excludes halogenated alkanes) is 1. The van der Waals surface area contributed by atoms with E-state index in [4.69, 9.17) is 9.72 Å². The summed E-state index contributed by atoms with van der Waals surface area (Å²) in [6, 6.07) is 32.7. The number of hydrogen-bond acceptors (Lipinski definition) is 3. The molecule has 0 aliphatic carbocycles. The van der Waals surface area contributed by atoms with Gasteiger partial charge in [-0.1, -0.05) is 92.2 Å². The van der Waals surface area contributed by atoms with E-state index in [-0.39, 0.29) is 6.61 Å². The minimum Gasteiger partial charge on any atom is -0.444 e. The van der Waals surface area contributed by atoms with E-state index in [2.05, 4.69) is 72.3 Å². The summed E-state index contributed by atoms with van der Waals surface area (Å²) in [6.07, 6.45) is 2.62. The molecule has 5 rings (SSSR count). The fourth-order valence-electron chi connectivity index (χ4n) is 4.70. The smallest absolute Gasteiger partial charge is 0.411 e. The lowest BCUT2D eigenvalue weighted by Crippen LogP contribution is -2.13. The quantitative estimate of drug-likeness (QED) is 0.221. The van der Waals surface area contributed by atoms with E-state index in [9.17, 15) is 4.79 Å². The second kappa shape index (κ2) is 11.8. The van der Waals surface area contributed by atoms with Crippen molar-refractivity contribution in [2.24, 2.45) is 0 Å². The Kier molecular flexibility index (Phi) is 7.84. The molecule has 1 N–H and O–H groups in total. The normalized spacial score (nSPS) is 11.0. The Labute approximate surface area is 224 Å².